The van der Waals surface area contributed by atoms with Crippen LogP contribution in [0.25, 0.3) is 5.69 Å². The summed E-state index contributed by atoms with van der Waals surface area (Å²) in [5, 5.41) is 5.41. The van der Waals surface area contributed by atoms with Crippen LogP contribution in [0.15, 0.2) is 84.9 Å². The highest BCUT2D eigenvalue weighted by Crippen LogP contribution is 2.34. The monoisotopic (exact) mass is 400 g/mol. The number of para-hydroxylation sites is 1. The van der Waals surface area contributed by atoms with Gasteiger partial charge >= 0.3 is 0 Å². The fraction of sp³-hybridized carbons (Fsp3) is 0.120. The van der Waals surface area contributed by atoms with Gasteiger partial charge in [-0.3, -0.25) is 4.79 Å². The zero-order valence-corrected chi connectivity index (χ0v) is 17.1. The first-order valence-electron chi connectivity index (χ1n) is 9.52. The third kappa shape index (κ3) is 3.74. The lowest BCUT2D eigenvalue weighted by atomic mass is 9.83. The van der Waals surface area contributed by atoms with Crippen molar-refractivity contribution in [2.75, 3.05) is 0 Å². The number of carbonyl (C=O) groups is 1. The van der Waals surface area contributed by atoms with Gasteiger partial charge in [-0.05, 0) is 43.7 Å². The molecule has 1 aromatic heterocycles. The molecule has 0 fully saturated rings. The number of benzene rings is 3. The topological polar surface area (TPSA) is 34.9 Å². The fourth-order valence-corrected chi connectivity index (χ4v) is 3.89. The van der Waals surface area contributed by atoms with Crippen molar-refractivity contribution in [2.45, 2.75) is 19.8 Å². The number of halogens is 1. The minimum atomic E-state index is -0.452. The molecule has 0 bridgehead atoms. The molecule has 0 spiro atoms. The molecular weight excluding hydrogens is 380 g/mol. The molecule has 0 aliphatic carbocycles. The van der Waals surface area contributed by atoms with Crippen LogP contribution in [0, 0.1) is 13.8 Å². The molecule has 0 N–H and O–H groups in total. The minimum absolute atomic E-state index is 0.0479. The second-order valence-corrected chi connectivity index (χ2v) is 7.48. The smallest absolute Gasteiger partial charge is 0.174 e. The van der Waals surface area contributed by atoms with Gasteiger partial charge < -0.3 is 0 Å². The van der Waals surface area contributed by atoms with Gasteiger partial charge in [0.2, 0.25) is 0 Å². The van der Waals surface area contributed by atoms with Crippen LogP contribution < -0.4 is 0 Å². The highest BCUT2D eigenvalue weighted by molar-refractivity contribution is 6.30. The number of Topliss-reactive ketones (excluding diaryl/α,β-unsaturated/α-hetero) is 1. The number of nitrogens with zero attached hydrogens (tertiary/aromatic N) is 2. The van der Waals surface area contributed by atoms with Crippen molar-refractivity contribution in [2.24, 2.45) is 0 Å². The molecule has 4 rings (SSSR count). The summed E-state index contributed by atoms with van der Waals surface area (Å²) in [6.07, 6.45) is 0. The Morgan fingerprint density at radius 1 is 0.862 bits per heavy atom. The number of carbonyl (C=O) groups excluding carboxylic acids is 1. The number of ketones is 1. The van der Waals surface area contributed by atoms with Crippen LogP contribution in [0.1, 0.15) is 38.8 Å². The van der Waals surface area contributed by atoms with Crippen molar-refractivity contribution >= 4 is 17.4 Å². The first kappa shape index (κ1) is 19.2. The van der Waals surface area contributed by atoms with Crippen molar-refractivity contribution < 1.29 is 4.79 Å². The molecular formula is C25H21ClN2O. The van der Waals surface area contributed by atoms with Crippen LogP contribution in [0.5, 0.6) is 0 Å². The van der Waals surface area contributed by atoms with Gasteiger partial charge in [0.05, 0.1) is 17.3 Å². The molecule has 0 saturated carbocycles. The maximum absolute atomic E-state index is 13.6. The van der Waals surface area contributed by atoms with Gasteiger partial charge in [0.1, 0.15) is 0 Å². The van der Waals surface area contributed by atoms with Gasteiger partial charge in [-0.25, -0.2) is 4.68 Å². The Labute approximate surface area is 175 Å². The minimum Gasteiger partial charge on any atom is -0.293 e. The summed E-state index contributed by atoms with van der Waals surface area (Å²) in [6.45, 7) is 3.98. The van der Waals surface area contributed by atoms with Gasteiger partial charge in [0.25, 0.3) is 0 Å². The number of aryl methyl sites for hydroxylation is 1. The third-order valence-corrected chi connectivity index (χ3v) is 5.41. The summed E-state index contributed by atoms with van der Waals surface area (Å²) in [7, 11) is 0. The predicted octanol–water partition coefficient (Wildman–Crippen LogP) is 6.16. The van der Waals surface area contributed by atoms with E-state index in [0.29, 0.717) is 10.6 Å². The van der Waals surface area contributed by atoms with Crippen molar-refractivity contribution in [1.82, 2.24) is 9.78 Å². The summed E-state index contributed by atoms with van der Waals surface area (Å²) >= 11 is 6.10. The SMILES string of the molecule is Cc1nn(-c2ccccc2)c(C)c1[C@H](C(=O)c1ccccc1)c1ccc(Cl)cc1. The van der Waals surface area contributed by atoms with Gasteiger partial charge in [-0.15, -0.1) is 0 Å². The molecule has 3 nitrogen and oxygen atoms in total. The molecule has 3 aromatic carbocycles. The maximum atomic E-state index is 13.6. The van der Waals surface area contributed by atoms with Gasteiger partial charge in [0.15, 0.2) is 5.78 Å². The van der Waals surface area contributed by atoms with E-state index in [1.54, 1.807) is 0 Å². The maximum Gasteiger partial charge on any atom is 0.174 e. The van der Waals surface area contributed by atoms with Gasteiger partial charge in [-0.1, -0.05) is 72.3 Å². The van der Waals surface area contributed by atoms with E-state index in [1.165, 1.54) is 0 Å². The normalized spacial score (nSPS) is 12.0. The second kappa shape index (κ2) is 8.06. The molecule has 0 amide bonds. The zero-order chi connectivity index (χ0) is 20.4. The van der Waals surface area contributed by atoms with Crippen LogP contribution in [0.2, 0.25) is 5.02 Å². The van der Waals surface area contributed by atoms with Crippen molar-refractivity contribution in [3.05, 3.63) is 118 Å². The predicted molar refractivity (Wildman–Crippen MR) is 117 cm³/mol. The molecule has 4 aromatic rings. The summed E-state index contributed by atoms with van der Waals surface area (Å²) in [5.41, 5.74) is 5.29. The van der Waals surface area contributed by atoms with Gasteiger partial charge in [-0.2, -0.15) is 5.10 Å². The molecule has 0 unspecified atom stereocenters. The lowest BCUT2D eigenvalue weighted by Crippen LogP contribution is -2.16. The standard InChI is InChI=1S/C25H21ClN2O/c1-17-23(18(2)28(27-17)22-11-7-4-8-12-22)24(19-13-15-21(26)16-14-19)25(29)20-9-5-3-6-10-20/h3-16,24H,1-2H3/t24-/m1/s1. The molecule has 29 heavy (non-hydrogen) atoms. The average Bonchev–Trinajstić information content (AvgIpc) is 3.05. The summed E-state index contributed by atoms with van der Waals surface area (Å²) in [5.74, 6) is -0.404. The van der Waals surface area contributed by atoms with Crippen molar-refractivity contribution in [3.8, 4) is 5.69 Å². The molecule has 0 saturated heterocycles. The van der Waals surface area contributed by atoms with Crippen LogP contribution in [0.4, 0.5) is 0 Å². The Morgan fingerprint density at radius 2 is 1.45 bits per heavy atom. The van der Waals surface area contributed by atoms with Crippen LogP contribution in [0.3, 0.4) is 0 Å². The number of aromatic nitrogens is 2. The quantitative estimate of drug-likeness (QED) is 0.376. The molecule has 4 heteroatoms. The molecule has 0 radical (unpaired) electrons. The van der Waals surface area contributed by atoms with Gasteiger partial charge in [0, 0.05) is 21.8 Å². The van der Waals surface area contributed by atoms with E-state index in [-0.39, 0.29) is 5.78 Å². The van der Waals surface area contributed by atoms with E-state index < -0.39 is 5.92 Å². The molecule has 0 aliphatic heterocycles. The van der Waals surface area contributed by atoms with E-state index in [0.717, 1.165) is 28.2 Å². The Morgan fingerprint density at radius 3 is 2.07 bits per heavy atom. The first-order valence-corrected chi connectivity index (χ1v) is 9.90. The fourth-order valence-electron chi connectivity index (χ4n) is 3.77. The second-order valence-electron chi connectivity index (χ2n) is 7.05. The first-order chi connectivity index (χ1) is 14.1. The van der Waals surface area contributed by atoms with Crippen LogP contribution in [-0.4, -0.2) is 15.6 Å². The lowest BCUT2D eigenvalue weighted by Gasteiger charge is -2.18. The highest BCUT2D eigenvalue weighted by Gasteiger charge is 2.30. The summed E-state index contributed by atoms with van der Waals surface area (Å²) in [4.78, 5) is 13.6. The molecule has 1 heterocycles. The summed E-state index contributed by atoms with van der Waals surface area (Å²) < 4.78 is 1.91. The van der Waals surface area contributed by atoms with Crippen LogP contribution >= 0.6 is 11.6 Å². The third-order valence-electron chi connectivity index (χ3n) is 5.16. The van der Waals surface area contributed by atoms with E-state index in [1.807, 2.05) is 103 Å². The van der Waals surface area contributed by atoms with E-state index in [2.05, 4.69) is 0 Å². The Balaban J connectivity index is 1.89. The lowest BCUT2D eigenvalue weighted by molar-refractivity contribution is 0.0973. The largest absolute Gasteiger partial charge is 0.293 e. The van der Waals surface area contributed by atoms with Crippen LogP contribution in [-0.2, 0) is 0 Å². The van der Waals surface area contributed by atoms with E-state index in [4.69, 9.17) is 16.7 Å². The Kier molecular flexibility index (Phi) is 5.32. The number of hydrogen-bond donors (Lipinski definition) is 0. The Hall–Kier alpha value is -3.17. The zero-order valence-electron chi connectivity index (χ0n) is 16.3. The summed E-state index contributed by atoms with van der Waals surface area (Å²) in [6, 6.07) is 26.9. The van der Waals surface area contributed by atoms with E-state index >= 15 is 0 Å². The van der Waals surface area contributed by atoms with Crippen molar-refractivity contribution in [1.29, 1.82) is 0 Å². The number of hydrogen-bond acceptors (Lipinski definition) is 2. The highest BCUT2D eigenvalue weighted by atomic mass is 35.5. The average molecular weight is 401 g/mol. The molecule has 0 aliphatic rings. The van der Waals surface area contributed by atoms with Crippen molar-refractivity contribution in [3.63, 3.8) is 0 Å². The van der Waals surface area contributed by atoms with E-state index in [9.17, 15) is 4.79 Å². The molecule has 1 atom stereocenters. The number of rotatable bonds is 5. The Bertz CT molecular complexity index is 1130. The molecule has 144 valence electrons.